The van der Waals surface area contributed by atoms with Crippen LogP contribution in [0.1, 0.15) is 28.1 Å². The van der Waals surface area contributed by atoms with Gasteiger partial charge < -0.3 is 10.6 Å². The first-order valence-electron chi connectivity index (χ1n) is 8.66. The molecule has 0 saturated heterocycles. The summed E-state index contributed by atoms with van der Waals surface area (Å²) in [5, 5.41) is 10.4. The van der Waals surface area contributed by atoms with Crippen LogP contribution in [-0.4, -0.2) is 15.8 Å². The minimum atomic E-state index is -0.267. The molecule has 0 spiro atoms. The van der Waals surface area contributed by atoms with E-state index in [1.165, 1.54) is 11.1 Å². The summed E-state index contributed by atoms with van der Waals surface area (Å²) in [7, 11) is 0. The maximum Gasteiger partial charge on any atom is 0.323 e. The Hall–Kier alpha value is -3.08. The van der Waals surface area contributed by atoms with E-state index >= 15 is 0 Å². The van der Waals surface area contributed by atoms with E-state index in [0.717, 1.165) is 28.3 Å². The second kappa shape index (κ2) is 7.44. The molecular formula is C21H24N4O. The van der Waals surface area contributed by atoms with E-state index in [9.17, 15) is 4.79 Å². The van der Waals surface area contributed by atoms with Crippen LogP contribution in [-0.2, 0) is 6.54 Å². The quantitative estimate of drug-likeness (QED) is 0.711. The van der Waals surface area contributed by atoms with Gasteiger partial charge in [0.1, 0.15) is 0 Å². The van der Waals surface area contributed by atoms with Crippen LogP contribution in [0.5, 0.6) is 0 Å². The predicted octanol–water partition coefficient (Wildman–Crippen LogP) is 4.81. The molecule has 26 heavy (non-hydrogen) atoms. The number of carbonyl (C=O) groups excluding carboxylic acids is 1. The Labute approximate surface area is 154 Å². The van der Waals surface area contributed by atoms with Gasteiger partial charge in [0, 0.05) is 5.69 Å². The van der Waals surface area contributed by atoms with Crippen LogP contribution >= 0.6 is 0 Å². The first kappa shape index (κ1) is 17.7. The fourth-order valence-corrected chi connectivity index (χ4v) is 2.90. The van der Waals surface area contributed by atoms with Crippen LogP contribution < -0.4 is 10.6 Å². The molecule has 1 aromatic heterocycles. The molecule has 5 heteroatoms. The zero-order chi connectivity index (χ0) is 18.7. The number of benzene rings is 2. The summed E-state index contributed by atoms with van der Waals surface area (Å²) in [6.07, 6.45) is 0. The van der Waals surface area contributed by atoms with Crippen molar-refractivity contribution >= 4 is 17.4 Å². The zero-order valence-electron chi connectivity index (χ0n) is 15.6. The molecule has 0 saturated carbocycles. The maximum absolute atomic E-state index is 12.3. The summed E-state index contributed by atoms with van der Waals surface area (Å²) in [5.41, 5.74) is 6.76. The van der Waals surface area contributed by atoms with Gasteiger partial charge in [0.25, 0.3) is 0 Å². The molecule has 2 N–H and O–H groups in total. The Kier molecular flexibility index (Phi) is 5.07. The Morgan fingerprint density at radius 1 is 0.962 bits per heavy atom. The van der Waals surface area contributed by atoms with Crippen molar-refractivity contribution in [1.82, 2.24) is 9.78 Å². The van der Waals surface area contributed by atoms with Gasteiger partial charge in [-0.2, -0.15) is 5.10 Å². The highest BCUT2D eigenvalue weighted by atomic mass is 16.2. The van der Waals surface area contributed by atoms with Gasteiger partial charge in [-0.15, -0.1) is 0 Å². The molecule has 2 aromatic carbocycles. The molecule has 134 valence electrons. The number of amides is 2. The van der Waals surface area contributed by atoms with Crippen LogP contribution in [0, 0.1) is 27.7 Å². The molecule has 3 aromatic rings. The van der Waals surface area contributed by atoms with Gasteiger partial charge in [-0.05, 0) is 51.0 Å². The summed E-state index contributed by atoms with van der Waals surface area (Å²) < 4.78 is 1.92. The average molecular weight is 348 g/mol. The van der Waals surface area contributed by atoms with Crippen molar-refractivity contribution in [3.63, 3.8) is 0 Å². The van der Waals surface area contributed by atoms with Gasteiger partial charge in [-0.25, -0.2) is 4.79 Å². The number of hydrogen-bond acceptors (Lipinski definition) is 2. The molecule has 0 aliphatic carbocycles. The van der Waals surface area contributed by atoms with Gasteiger partial charge in [-0.3, -0.25) is 4.68 Å². The molecule has 0 unspecified atom stereocenters. The molecule has 0 aliphatic heterocycles. The largest absolute Gasteiger partial charge is 0.323 e. The fraction of sp³-hybridized carbons (Fsp3) is 0.238. The molecule has 0 aliphatic rings. The van der Waals surface area contributed by atoms with E-state index in [1.54, 1.807) is 0 Å². The second-order valence-electron chi connectivity index (χ2n) is 6.64. The normalized spacial score (nSPS) is 10.6. The standard InChI is InChI=1S/C21H24N4O/c1-14-8-10-18(11-9-14)13-25-17(4)20(16(3)24-25)23-21(26)22-19-7-5-6-15(2)12-19/h5-12H,13H2,1-4H3,(H2,22,23,26). The minimum Gasteiger partial charge on any atom is -0.308 e. The summed E-state index contributed by atoms with van der Waals surface area (Å²) in [6.45, 7) is 8.61. The number of carbonyl (C=O) groups is 1. The molecule has 2 amide bonds. The van der Waals surface area contributed by atoms with Crippen LogP contribution in [0.2, 0.25) is 0 Å². The minimum absolute atomic E-state index is 0.267. The monoisotopic (exact) mass is 348 g/mol. The first-order chi connectivity index (χ1) is 12.4. The zero-order valence-corrected chi connectivity index (χ0v) is 15.6. The number of hydrogen-bond donors (Lipinski definition) is 2. The molecule has 0 atom stereocenters. The summed E-state index contributed by atoms with van der Waals surface area (Å²) in [4.78, 5) is 12.3. The second-order valence-corrected chi connectivity index (χ2v) is 6.64. The Morgan fingerprint density at radius 2 is 1.69 bits per heavy atom. The highest BCUT2D eigenvalue weighted by Crippen LogP contribution is 2.21. The van der Waals surface area contributed by atoms with Crippen molar-refractivity contribution in [2.75, 3.05) is 10.6 Å². The van der Waals surface area contributed by atoms with Crippen molar-refractivity contribution in [3.05, 3.63) is 76.6 Å². The van der Waals surface area contributed by atoms with Crippen molar-refractivity contribution in [1.29, 1.82) is 0 Å². The van der Waals surface area contributed by atoms with Gasteiger partial charge in [0.05, 0.1) is 23.6 Å². The van der Waals surface area contributed by atoms with Crippen LogP contribution in [0.15, 0.2) is 48.5 Å². The molecule has 0 bridgehead atoms. The van der Waals surface area contributed by atoms with E-state index in [2.05, 4.69) is 46.9 Å². The lowest BCUT2D eigenvalue weighted by Gasteiger charge is -2.09. The topological polar surface area (TPSA) is 59.0 Å². The van der Waals surface area contributed by atoms with E-state index in [0.29, 0.717) is 6.54 Å². The van der Waals surface area contributed by atoms with Gasteiger partial charge >= 0.3 is 6.03 Å². The number of nitrogens with one attached hydrogen (secondary N) is 2. The molecular weight excluding hydrogens is 324 g/mol. The Balaban J connectivity index is 1.73. The predicted molar refractivity (Wildman–Crippen MR) is 106 cm³/mol. The first-order valence-corrected chi connectivity index (χ1v) is 8.66. The number of anilines is 2. The lowest BCUT2D eigenvalue weighted by Crippen LogP contribution is -2.20. The molecule has 0 radical (unpaired) electrons. The van der Waals surface area contributed by atoms with Crippen LogP contribution in [0.4, 0.5) is 16.2 Å². The SMILES string of the molecule is Cc1ccc(Cn2nc(C)c(NC(=O)Nc3cccc(C)c3)c2C)cc1. The van der Waals surface area contributed by atoms with Crippen LogP contribution in [0.25, 0.3) is 0 Å². The molecule has 3 rings (SSSR count). The number of aromatic nitrogens is 2. The summed E-state index contributed by atoms with van der Waals surface area (Å²) >= 11 is 0. The molecule has 0 fully saturated rings. The highest BCUT2D eigenvalue weighted by molar-refractivity contribution is 6.00. The third kappa shape index (κ3) is 4.11. The molecule has 5 nitrogen and oxygen atoms in total. The van der Waals surface area contributed by atoms with E-state index in [-0.39, 0.29) is 6.03 Å². The lowest BCUT2D eigenvalue weighted by atomic mass is 10.1. The van der Waals surface area contributed by atoms with Gasteiger partial charge in [0.2, 0.25) is 0 Å². The van der Waals surface area contributed by atoms with E-state index < -0.39 is 0 Å². The Morgan fingerprint density at radius 3 is 2.38 bits per heavy atom. The van der Waals surface area contributed by atoms with Gasteiger partial charge in [0.15, 0.2) is 0 Å². The van der Waals surface area contributed by atoms with Crippen molar-refractivity contribution in [2.45, 2.75) is 34.2 Å². The van der Waals surface area contributed by atoms with Crippen molar-refractivity contribution in [2.24, 2.45) is 0 Å². The number of rotatable bonds is 4. The van der Waals surface area contributed by atoms with E-state index in [4.69, 9.17) is 0 Å². The fourth-order valence-electron chi connectivity index (χ4n) is 2.90. The van der Waals surface area contributed by atoms with Crippen molar-refractivity contribution in [3.8, 4) is 0 Å². The van der Waals surface area contributed by atoms with E-state index in [1.807, 2.05) is 49.7 Å². The van der Waals surface area contributed by atoms with Crippen LogP contribution in [0.3, 0.4) is 0 Å². The highest BCUT2D eigenvalue weighted by Gasteiger charge is 2.14. The lowest BCUT2D eigenvalue weighted by molar-refractivity contribution is 0.262. The molecule has 1 heterocycles. The Bertz CT molecular complexity index is 926. The summed E-state index contributed by atoms with van der Waals surface area (Å²) in [6, 6.07) is 15.8. The smallest absolute Gasteiger partial charge is 0.308 e. The van der Waals surface area contributed by atoms with Gasteiger partial charge in [-0.1, -0.05) is 42.0 Å². The maximum atomic E-state index is 12.3. The average Bonchev–Trinajstić information content (AvgIpc) is 2.84. The number of aryl methyl sites for hydroxylation is 3. The summed E-state index contributed by atoms with van der Waals surface area (Å²) in [5.74, 6) is 0. The number of nitrogens with zero attached hydrogens (tertiary/aromatic N) is 2. The van der Waals surface area contributed by atoms with Crippen molar-refractivity contribution < 1.29 is 4.79 Å². The number of urea groups is 1. The third-order valence-corrected chi connectivity index (χ3v) is 4.35. The third-order valence-electron chi connectivity index (χ3n) is 4.35.